The lowest BCUT2D eigenvalue weighted by Gasteiger charge is -2.03. The van der Waals surface area contributed by atoms with Crippen molar-refractivity contribution < 1.29 is 13.5 Å². The summed E-state index contributed by atoms with van der Waals surface area (Å²) >= 11 is 6.26. The van der Waals surface area contributed by atoms with Crippen LogP contribution in [0.4, 0.5) is 8.78 Å². The highest BCUT2D eigenvalue weighted by molar-refractivity contribution is 6.50. The molecule has 0 fully saturated rings. The molecule has 0 radical (unpaired) electrons. The quantitative estimate of drug-likeness (QED) is 0.731. The Hall–Kier alpha value is -2.40. The molecule has 0 amide bonds. The Bertz CT molecular complexity index is 850. The van der Waals surface area contributed by atoms with Gasteiger partial charge in [-0.05, 0) is 30.7 Å². The van der Waals surface area contributed by atoms with Gasteiger partial charge in [0.1, 0.15) is 11.6 Å². The van der Waals surface area contributed by atoms with Crippen molar-refractivity contribution in [2.45, 2.75) is 6.92 Å². The van der Waals surface area contributed by atoms with Gasteiger partial charge in [-0.1, -0.05) is 23.7 Å². The molecule has 0 saturated carbocycles. The normalized spacial score (nSPS) is 11.9. The lowest BCUT2D eigenvalue weighted by molar-refractivity contribution is 0.340. The van der Waals surface area contributed by atoms with Crippen LogP contribution in [-0.4, -0.2) is 16.6 Å². The maximum absolute atomic E-state index is 13.2. The molecule has 0 aliphatic heterocycles. The van der Waals surface area contributed by atoms with Crippen LogP contribution < -0.4 is 4.74 Å². The molecule has 23 heavy (non-hydrogen) atoms. The first kappa shape index (κ1) is 15.5. The van der Waals surface area contributed by atoms with Crippen LogP contribution >= 0.6 is 11.6 Å². The molecule has 0 bridgehead atoms. The van der Waals surface area contributed by atoms with E-state index < -0.39 is 11.6 Å². The number of H-pyrrole nitrogens is 1. The molecular weight excluding hydrogens is 322 g/mol. The van der Waals surface area contributed by atoms with Crippen molar-refractivity contribution >= 4 is 33.7 Å². The predicted molar refractivity (Wildman–Crippen MR) is 87.3 cm³/mol. The number of rotatable bonds is 4. The average Bonchev–Trinajstić information content (AvgIpc) is 2.91. The number of aromatic amines is 1. The fraction of sp³-hybridized carbons (Fsp3) is 0.118. The van der Waals surface area contributed by atoms with Gasteiger partial charge in [-0.15, -0.1) is 0 Å². The maximum atomic E-state index is 13.2. The van der Waals surface area contributed by atoms with Crippen molar-refractivity contribution in [1.29, 1.82) is 0 Å². The average molecular weight is 335 g/mol. The van der Waals surface area contributed by atoms with Crippen LogP contribution in [0.3, 0.4) is 0 Å². The minimum atomic E-state index is -0.944. The van der Waals surface area contributed by atoms with Crippen LogP contribution in [0.25, 0.3) is 22.1 Å². The van der Waals surface area contributed by atoms with Gasteiger partial charge in [0.15, 0.2) is 11.6 Å². The topological polar surface area (TPSA) is 37.9 Å². The minimum Gasteiger partial charge on any atom is -0.494 e. The summed E-state index contributed by atoms with van der Waals surface area (Å²) in [6.45, 7) is 2.48. The van der Waals surface area contributed by atoms with Crippen molar-refractivity contribution in [1.82, 2.24) is 9.97 Å². The van der Waals surface area contributed by atoms with E-state index in [4.69, 9.17) is 16.3 Å². The third kappa shape index (κ3) is 3.35. The smallest absolute Gasteiger partial charge is 0.161 e. The third-order valence-electron chi connectivity index (χ3n) is 3.21. The first-order chi connectivity index (χ1) is 11.1. The summed E-state index contributed by atoms with van der Waals surface area (Å²) in [6, 6.07) is 9.50. The van der Waals surface area contributed by atoms with Gasteiger partial charge >= 0.3 is 0 Å². The molecular formula is C17H13ClF2N2O. The second-order valence-corrected chi connectivity index (χ2v) is 5.27. The summed E-state index contributed by atoms with van der Waals surface area (Å²) < 4.78 is 31.9. The standard InChI is InChI=1S/C17H13ClF2N2O/c1-2-23-11-5-3-4-10(6-11)7-12(18)17-21-15-8-13(19)14(20)9-16(15)22-17/h3-9H,2H2,1H3,(H,21,22)/b12-7-. The molecule has 3 nitrogen and oxygen atoms in total. The van der Waals surface area contributed by atoms with Gasteiger partial charge < -0.3 is 9.72 Å². The molecule has 0 aliphatic carbocycles. The molecule has 3 rings (SSSR count). The van der Waals surface area contributed by atoms with Crippen LogP contribution in [-0.2, 0) is 0 Å². The second kappa shape index (κ2) is 6.38. The summed E-state index contributed by atoms with van der Waals surface area (Å²) in [5.41, 5.74) is 1.53. The molecule has 1 aromatic heterocycles. The highest BCUT2D eigenvalue weighted by Gasteiger charge is 2.10. The Morgan fingerprint density at radius 2 is 2.04 bits per heavy atom. The summed E-state index contributed by atoms with van der Waals surface area (Å²) in [5.74, 6) is -0.801. The summed E-state index contributed by atoms with van der Waals surface area (Å²) in [6.07, 6.45) is 1.70. The Balaban J connectivity index is 1.96. The summed E-state index contributed by atoms with van der Waals surface area (Å²) in [5, 5.41) is 0.329. The Morgan fingerprint density at radius 1 is 1.26 bits per heavy atom. The molecule has 0 unspecified atom stereocenters. The number of fused-ring (bicyclic) bond motifs is 1. The zero-order valence-corrected chi connectivity index (χ0v) is 13.0. The molecule has 0 spiro atoms. The van der Waals surface area contributed by atoms with E-state index in [1.165, 1.54) is 0 Å². The van der Waals surface area contributed by atoms with E-state index in [0.29, 0.717) is 28.5 Å². The van der Waals surface area contributed by atoms with Gasteiger partial charge in [0.05, 0.1) is 22.7 Å². The molecule has 3 aromatic rings. The number of benzene rings is 2. The van der Waals surface area contributed by atoms with E-state index in [-0.39, 0.29) is 0 Å². The molecule has 118 valence electrons. The van der Waals surface area contributed by atoms with Crippen LogP contribution in [0, 0.1) is 11.6 Å². The Morgan fingerprint density at radius 3 is 2.83 bits per heavy atom. The number of nitrogens with zero attached hydrogens (tertiary/aromatic N) is 1. The van der Waals surface area contributed by atoms with Crippen molar-refractivity contribution in [2.75, 3.05) is 6.61 Å². The number of imidazole rings is 1. The Labute approximate surface area is 136 Å². The SMILES string of the molecule is CCOc1cccc(/C=C(\Cl)c2nc3cc(F)c(F)cc3[nH]2)c1. The fourth-order valence-electron chi connectivity index (χ4n) is 2.19. The van der Waals surface area contributed by atoms with Crippen LogP contribution in [0.2, 0.25) is 0 Å². The zero-order chi connectivity index (χ0) is 16.4. The lowest BCUT2D eigenvalue weighted by Crippen LogP contribution is -1.91. The van der Waals surface area contributed by atoms with Crippen molar-refractivity contribution in [3.05, 3.63) is 59.4 Å². The van der Waals surface area contributed by atoms with Gasteiger partial charge in [0.25, 0.3) is 0 Å². The largest absolute Gasteiger partial charge is 0.494 e. The zero-order valence-electron chi connectivity index (χ0n) is 12.2. The lowest BCUT2D eigenvalue weighted by atomic mass is 10.2. The number of nitrogens with one attached hydrogen (secondary N) is 1. The van der Waals surface area contributed by atoms with Crippen LogP contribution in [0.5, 0.6) is 5.75 Å². The molecule has 0 aliphatic rings. The van der Waals surface area contributed by atoms with Gasteiger partial charge in [-0.2, -0.15) is 0 Å². The number of hydrogen-bond acceptors (Lipinski definition) is 2. The van der Waals surface area contributed by atoms with E-state index in [1.54, 1.807) is 6.08 Å². The third-order valence-corrected chi connectivity index (χ3v) is 3.50. The van der Waals surface area contributed by atoms with E-state index >= 15 is 0 Å². The van der Waals surface area contributed by atoms with E-state index in [9.17, 15) is 8.78 Å². The molecule has 0 saturated heterocycles. The first-order valence-corrected chi connectivity index (χ1v) is 7.40. The van der Waals surface area contributed by atoms with Crippen molar-refractivity contribution in [3.63, 3.8) is 0 Å². The second-order valence-electron chi connectivity index (χ2n) is 4.87. The van der Waals surface area contributed by atoms with E-state index in [0.717, 1.165) is 23.4 Å². The molecule has 1 N–H and O–H groups in total. The van der Waals surface area contributed by atoms with Crippen LogP contribution in [0.1, 0.15) is 18.3 Å². The van der Waals surface area contributed by atoms with Crippen molar-refractivity contribution in [3.8, 4) is 5.75 Å². The van der Waals surface area contributed by atoms with Crippen LogP contribution in [0.15, 0.2) is 36.4 Å². The molecule has 6 heteroatoms. The predicted octanol–water partition coefficient (Wildman–Crippen LogP) is 4.98. The monoisotopic (exact) mass is 334 g/mol. The van der Waals surface area contributed by atoms with Gasteiger partial charge in [0.2, 0.25) is 0 Å². The first-order valence-electron chi connectivity index (χ1n) is 7.02. The number of hydrogen-bond donors (Lipinski definition) is 1. The number of halogens is 3. The highest BCUT2D eigenvalue weighted by atomic mass is 35.5. The highest BCUT2D eigenvalue weighted by Crippen LogP contribution is 2.25. The number of ether oxygens (including phenoxy) is 1. The van der Waals surface area contributed by atoms with Gasteiger partial charge in [0, 0.05) is 12.1 Å². The number of aromatic nitrogens is 2. The summed E-state index contributed by atoms with van der Waals surface area (Å²) in [4.78, 5) is 7.05. The van der Waals surface area contributed by atoms with Crippen molar-refractivity contribution in [2.24, 2.45) is 0 Å². The Kier molecular flexibility index (Phi) is 4.30. The fourth-order valence-corrected chi connectivity index (χ4v) is 2.41. The molecule has 2 aromatic carbocycles. The van der Waals surface area contributed by atoms with Gasteiger partial charge in [-0.3, -0.25) is 0 Å². The van der Waals surface area contributed by atoms with E-state index in [1.807, 2.05) is 31.2 Å². The van der Waals surface area contributed by atoms with E-state index in [2.05, 4.69) is 9.97 Å². The van der Waals surface area contributed by atoms with Gasteiger partial charge in [-0.25, -0.2) is 13.8 Å². The summed E-state index contributed by atoms with van der Waals surface area (Å²) in [7, 11) is 0. The molecule has 0 atom stereocenters. The minimum absolute atomic E-state index is 0.313. The molecule has 1 heterocycles. The maximum Gasteiger partial charge on any atom is 0.161 e.